The summed E-state index contributed by atoms with van der Waals surface area (Å²) in [6.45, 7) is 21.2. The zero-order chi connectivity index (χ0) is 38.8. The molecule has 4 aromatic carbocycles. The maximum absolute atomic E-state index is 10.1. The van der Waals surface area contributed by atoms with Crippen molar-refractivity contribution >= 4 is 57.5 Å². The fraction of sp³-hybridized carbons (Fsp3) is 0.348. The topological polar surface area (TPSA) is 102 Å². The average molecular weight is 752 g/mol. The fourth-order valence-electron chi connectivity index (χ4n) is 4.09. The SMILES string of the molecule is CC(/C=C(/C)[N-]Cc1ccccc1)=[NH+]Cc1ccccc1.CC(/C=C(/C)[N-]Cc1ccccc1)=[NH+]Cc1ccccc1.CC(C)(C)[O-].CC(C)(C)[O-].[Mg+2].[Mg+2]. The number of hydrogen-bond donors (Lipinski definition) is 2. The third kappa shape index (κ3) is 34.5. The van der Waals surface area contributed by atoms with Crippen LogP contribution in [0.25, 0.3) is 10.6 Å². The molecule has 4 rings (SSSR count). The van der Waals surface area contributed by atoms with Crippen molar-refractivity contribution < 1.29 is 20.2 Å². The van der Waals surface area contributed by atoms with Crippen LogP contribution in [0, 0.1) is 0 Å². The van der Waals surface area contributed by atoms with E-state index in [2.05, 4.69) is 119 Å². The van der Waals surface area contributed by atoms with Gasteiger partial charge >= 0.3 is 46.1 Å². The Hall–Kier alpha value is -3.25. The van der Waals surface area contributed by atoms with Gasteiger partial charge in [0.25, 0.3) is 0 Å². The van der Waals surface area contributed by atoms with Crippen molar-refractivity contribution in [3.63, 3.8) is 0 Å². The monoisotopic (exact) mass is 750 g/mol. The molecule has 0 saturated carbocycles. The van der Waals surface area contributed by atoms with Crippen molar-refractivity contribution in [2.75, 3.05) is 0 Å². The molecule has 0 aromatic heterocycles. The first-order valence-electron chi connectivity index (χ1n) is 17.9. The van der Waals surface area contributed by atoms with E-state index in [4.69, 9.17) is 0 Å². The molecule has 4 aromatic rings. The van der Waals surface area contributed by atoms with Crippen LogP contribution in [-0.2, 0) is 26.2 Å². The number of benzene rings is 4. The van der Waals surface area contributed by atoms with Crippen LogP contribution in [0.2, 0.25) is 0 Å². The summed E-state index contributed by atoms with van der Waals surface area (Å²) in [6, 6.07) is 41.4. The Bertz CT molecular complexity index is 1490. The summed E-state index contributed by atoms with van der Waals surface area (Å²) < 4.78 is 0. The Balaban J connectivity index is 0. The minimum atomic E-state index is -0.750. The molecule has 0 unspecified atom stereocenters. The smallest absolute Gasteiger partial charge is 0.850 e. The molecule has 54 heavy (non-hydrogen) atoms. The van der Waals surface area contributed by atoms with Crippen LogP contribution in [-0.4, -0.2) is 68.7 Å². The van der Waals surface area contributed by atoms with Crippen molar-refractivity contribution in [1.29, 1.82) is 0 Å². The van der Waals surface area contributed by atoms with Gasteiger partial charge in [-0.1, -0.05) is 188 Å². The summed E-state index contributed by atoms with van der Waals surface area (Å²) in [5, 5.41) is 29.4. The van der Waals surface area contributed by atoms with Crippen molar-refractivity contribution in [2.24, 2.45) is 0 Å². The minimum Gasteiger partial charge on any atom is -0.850 e. The Morgan fingerprint density at radius 3 is 0.926 bits per heavy atom. The molecule has 0 aliphatic rings. The van der Waals surface area contributed by atoms with Crippen LogP contribution < -0.4 is 20.2 Å². The minimum absolute atomic E-state index is 0. The van der Waals surface area contributed by atoms with Crippen molar-refractivity contribution in [3.8, 4) is 0 Å². The molecule has 0 radical (unpaired) electrons. The van der Waals surface area contributed by atoms with E-state index >= 15 is 0 Å². The normalized spacial score (nSPS) is 11.8. The van der Waals surface area contributed by atoms with E-state index in [0.717, 1.165) is 49.0 Å². The van der Waals surface area contributed by atoms with E-state index in [1.165, 1.54) is 22.3 Å². The second-order valence-electron chi connectivity index (χ2n) is 14.4. The number of nitrogens with one attached hydrogen (secondary N) is 2. The number of nitrogens with zero attached hydrogens (tertiary/aromatic N) is 2. The number of hydrogen-bond acceptors (Lipinski definition) is 2. The van der Waals surface area contributed by atoms with Gasteiger partial charge in [-0.2, -0.15) is 11.4 Å². The first-order valence-corrected chi connectivity index (χ1v) is 17.9. The van der Waals surface area contributed by atoms with Crippen LogP contribution in [0.4, 0.5) is 0 Å². The van der Waals surface area contributed by atoms with Crippen molar-refractivity contribution in [2.45, 2.75) is 107 Å². The first-order chi connectivity index (χ1) is 24.5. The summed E-state index contributed by atoms with van der Waals surface area (Å²) in [4.78, 5) is 6.82. The predicted molar refractivity (Wildman–Crippen MR) is 229 cm³/mol. The van der Waals surface area contributed by atoms with E-state index in [0.29, 0.717) is 0 Å². The molecular weight excluding hydrogens is 689 g/mol. The zero-order valence-electron chi connectivity index (χ0n) is 34.7. The number of rotatable bonds is 12. The summed E-state index contributed by atoms with van der Waals surface area (Å²) in [5.74, 6) is 0. The fourth-order valence-corrected chi connectivity index (χ4v) is 4.09. The molecule has 0 atom stereocenters. The summed E-state index contributed by atoms with van der Waals surface area (Å²) in [7, 11) is 0. The Morgan fingerprint density at radius 1 is 0.463 bits per heavy atom. The molecule has 0 saturated heterocycles. The molecule has 0 bridgehead atoms. The maximum Gasteiger partial charge on any atom is 2.00 e. The molecule has 0 heterocycles. The van der Waals surface area contributed by atoms with E-state index < -0.39 is 11.2 Å². The second kappa shape index (κ2) is 30.0. The first kappa shape index (κ1) is 52.9. The van der Waals surface area contributed by atoms with E-state index in [-0.39, 0.29) is 46.1 Å². The molecule has 0 aliphatic heterocycles. The predicted octanol–water partition coefficient (Wildman–Crippen LogP) is 5.94. The van der Waals surface area contributed by atoms with Gasteiger partial charge in [-0.15, -0.1) is 24.3 Å². The van der Waals surface area contributed by atoms with Crippen LogP contribution in [0.3, 0.4) is 0 Å². The largest absolute Gasteiger partial charge is 2.00 e. The Morgan fingerprint density at radius 2 is 0.685 bits per heavy atom. The van der Waals surface area contributed by atoms with Crippen LogP contribution in [0.1, 0.15) is 91.5 Å². The molecule has 2 N–H and O–H groups in total. The van der Waals surface area contributed by atoms with Gasteiger partial charge < -0.3 is 20.8 Å². The molecule has 280 valence electrons. The van der Waals surface area contributed by atoms with Crippen molar-refractivity contribution in [1.82, 2.24) is 0 Å². The van der Waals surface area contributed by atoms with Gasteiger partial charge in [0.1, 0.15) is 0 Å². The molecule has 0 spiro atoms. The van der Waals surface area contributed by atoms with Gasteiger partial charge in [0, 0.05) is 25.0 Å². The molecular formula is C46H62Mg2N4O2+2. The van der Waals surface area contributed by atoms with Crippen molar-refractivity contribution in [3.05, 3.63) is 178 Å². The number of allylic oxidation sites excluding steroid dienone is 4. The van der Waals surface area contributed by atoms with Gasteiger partial charge in [0.2, 0.25) is 0 Å². The van der Waals surface area contributed by atoms with Gasteiger partial charge in [-0.25, -0.2) is 9.98 Å². The van der Waals surface area contributed by atoms with E-state index in [9.17, 15) is 10.2 Å². The molecule has 8 heteroatoms. The summed E-state index contributed by atoms with van der Waals surface area (Å²) >= 11 is 0. The van der Waals surface area contributed by atoms with E-state index in [1.54, 1.807) is 41.5 Å². The van der Waals surface area contributed by atoms with Crippen LogP contribution in [0.15, 0.2) is 145 Å². The third-order valence-corrected chi connectivity index (χ3v) is 6.39. The molecule has 0 aliphatic carbocycles. The molecule has 6 nitrogen and oxygen atoms in total. The van der Waals surface area contributed by atoms with Gasteiger partial charge in [-0.05, 0) is 12.2 Å². The maximum atomic E-state index is 10.1. The average Bonchev–Trinajstić information content (AvgIpc) is 3.09. The second-order valence-corrected chi connectivity index (χ2v) is 14.4. The molecule has 0 amide bonds. The molecule has 0 fully saturated rings. The quantitative estimate of drug-likeness (QED) is 0.138. The van der Waals surface area contributed by atoms with Gasteiger partial charge in [-0.3, -0.25) is 0 Å². The van der Waals surface area contributed by atoms with Gasteiger partial charge in [0.05, 0.1) is 0 Å². The zero-order valence-corrected chi connectivity index (χ0v) is 37.5. The Labute approximate surface area is 359 Å². The van der Waals surface area contributed by atoms with E-state index in [1.807, 2.05) is 62.4 Å². The summed E-state index contributed by atoms with van der Waals surface area (Å²) in [6.07, 6.45) is 4.18. The standard InChI is InChI=1S/2C19H21N2.2C4H9O.2Mg/c2*1-16(20-14-18-9-5-3-6-10-18)13-17(2)21-15-19-11-7-4-8-12-19;2*1-4(2,3)5;;/h2*3-13H,14-15H2,1-2H3;2*1-3H3;;/q4*-1;2*+2/p+2/b2*16-13-,21-17?;;;;. The van der Waals surface area contributed by atoms with Crippen LogP contribution in [0.5, 0.6) is 0 Å². The van der Waals surface area contributed by atoms with Gasteiger partial charge in [0.15, 0.2) is 24.5 Å². The Kier molecular flexibility index (Phi) is 29.4. The summed E-state index contributed by atoms with van der Waals surface area (Å²) in [5.41, 5.74) is 7.88. The van der Waals surface area contributed by atoms with Crippen LogP contribution >= 0.6 is 0 Å². The third-order valence-electron chi connectivity index (χ3n) is 6.39.